The summed E-state index contributed by atoms with van der Waals surface area (Å²) in [6, 6.07) is 8.15. The van der Waals surface area contributed by atoms with E-state index in [0.717, 1.165) is 12.0 Å². The molecule has 1 aliphatic rings. The molecule has 0 N–H and O–H groups in total. The molecular weight excluding hydrogens is 344 g/mol. The van der Waals surface area contributed by atoms with Gasteiger partial charge < -0.3 is 0 Å². The molecule has 0 spiro atoms. The highest BCUT2D eigenvalue weighted by Gasteiger charge is 2.25. The SMILES string of the molecule is C.CC(C)(C)C(=O)CC1CCCCC1.Cc1ccc(CC(=O)C(C)(C)C)cc1. The molecule has 0 saturated heterocycles. The van der Waals surface area contributed by atoms with E-state index in [2.05, 4.69) is 6.92 Å². The normalized spacial score (nSPS) is 15.1. The summed E-state index contributed by atoms with van der Waals surface area (Å²) in [7, 11) is 0. The molecule has 1 fully saturated rings. The molecule has 2 rings (SSSR count). The Morgan fingerprint density at radius 1 is 0.821 bits per heavy atom. The third kappa shape index (κ3) is 10.2. The van der Waals surface area contributed by atoms with E-state index in [4.69, 9.17) is 0 Å². The van der Waals surface area contributed by atoms with Crippen LogP contribution in [0.5, 0.6) is 0 Å². The summed E-state index contributed by atoms with van der Waals surface area (Å²) >= 11 is 0. The number of aryl methyl sites for hydroxylation is 1. The summed E-state index contributed by atoms with van der Waals surface area (Å²) in [4.78, 5) is 23.5. The smallest absolute Gasteiger partial charge is 0.142 e. The van der Waals surface area contributed by atoms with Crippen molar-refractivity contribution >= 4 is 11.6 Å². The van der Waals surface area contributed by atoms with E-state index in [1.807, 2.05) is 65.8 Å². The largest absolute Gasteiger partial charge is 0.299 e. The van der Waals surface area contributed by atoms with Gasteiger partial charge in [0, 0.05) is 23.7 Å². The van der Waals surface area contributed by atoms with Gasteiger partial charge in [0.15, 0.2) is 0 Å². The molecule has 2 heteroatoms. The first-order chi connectivity index (χ1) is 12.4. The molecule has 0 aromatic heterocycles. The summed E-state index contributed by atoms with van der Waals surface area (Å²) in [5.41, 5.74) is 1.98. The maximum Gasteiger partial charge on any atom is 0.142 e. The number of benzene rings is 1. The standard InChI is InChI=1S/C13H18O.C12H22O.CH4/c1-10-5-7-11(8-6-10)9-12(14)13(2,3)4;1-12(2,3)11(13)9-10-7-5-4-6-8-10;/h5-8H,9H2,1-4H3;10H,4-9H2,1-3H3;1H4. The zero-order valence-electron chi connectivity index (χ0n) is 18.7. The average molecular weight is 389 g/mol. The monoisotopic (exact) mass is 388 g/mol. The van der Waals surface area contributed by atoms with Crippen molar-refractivity contribution in [2.24, 2.45) is 16.7 Å². The molecule has 160 valence electrons. The third-order valence-corrected chi connectivity index (χ3v) is 5.36. The van der Waals surface area contributed by atoms with Crippen LogP contribution in [0.1, 0.15) is 98.6 Å². The summed E-state index contributed by atoms with van der Waals surface area (Å²) in [6.07, 6.45) is 7.97. The number of carbonyl (C=O) groups is 2. The summed E-state index contributed by atoms with van der Waals surface area (Å²) in [5.74, 6) is 1.43. The lowest BCUT2D eigenvalue weighted by atomic mass is 9.80. The van der Waals surface area contributed by atoms with Gasteiger partial charge >= 0.3 is 0 Å². The first kappa shape index (κ1) is 26.6. The molecule has 2 nitrogen and oxygen atoms in total. The molecule has 0 heterocycles. The van der Waals surface area contributed by atoms with Crippen LogP contribution in [0.15, 0.2) is 24.3 Å². The highest BCUT2D eigenvalue weighted by atomic mass is 16.1. The van der Waals surface area contributed by atoms with Crippen molar-refractivity contribution in [1.29, 1.82) is 0 Å². The zero-order chi connectivity index (χ0) is 20.7. The van der Waals surface area contributed by atoms with Crippen molar-refractivity contribution in [3.8, 4) is 0 Å². The fourth-order valence-electron chi connectivity index (χ4n) is 3.12. The Morgan fingerprint density at radius 2 is 1.29 bits per heavy atom. The van der Waals surface area contributed by atoms with Crippen molar-refractivity contribution in [3.05, 3.63) is 35.4 Å². The minimum Gasteiger partial charge on any atom is -0.299 e. The Kier molecular flexibility index (Phi) is 10.9. The highest BCUT2D eigenvalue weighted by molar-refractivity contribution is 5.85. The predicted octanol–water partition coefficient (Wildman–Crippen LogP) is 7.36. The topological polar surface area (TPSA) is 34.1 Å². The fraction of sp³-hybridized carbons (Fsp3) is 0.692. The number of hydrogen-bond acceptors (Lipinski definition) is 2. The Hall–Kier alpha value is -1.44. The van der Waals surface area contributed by atoms with E-state index in [9.17, 15) is 9.59 Å². The third-order valence-electron chi connectivity index (χ3n) is 5.36. The molecule has 0 amide bonds. The van der Waals surface area contributed by atoms with E-state index >= 15 is 0 Å². The van der Waals surface area contributed by atoms with Crippen LogP contribution < -0.4 is 0 Å². The van der Waals surface area contributed by atoms with Gasteiger partial charge in [-0.3, -0.25) is 9.59 Å². The van der Waals surface area contributed by atoms with Gasteiger partial charge in [0.25, 0.3) is 0 Å². The van der Waals surface area contributed by atoms with E-state index in [-0.39, 0.29) is 18.3 Å². The Balaban J connectivity index is 0.000000504. The lowest BCUT2D eigenvalue weighted by molar-refractivity contribution is -0.127. The molecule has 0 bridgehead atoms. The molecule has 1 saturated carbocycles. The number of carbonyl (C=O) groups excluding carboxylic acids is 2. The van der Waals surface area contributed by atoms with Crippen LogP contribution >= 0.6 is 0 Å². The highest BCUT2D eigenvalue weighted by Crippen LogP contribution is 2.29. The second kappa shape index (κ2) is 11.5. The van der Waals surface area contributed by atoms with Gasteiger partial charge in [0.1, 0.15) is 11.6 Å². The predicted molar refractivity (Wildman–Crippen MR) is 122 cm³/mol. The van der Waals surface area contributed by atoms with Crippen LogP contribution in [0.4, 0.5) is 0 Å². The second-order valence-corrected chi connectivity index (χ2v) is 10.2. The van der Waals surface area contributed by atoms with Crippen molar-refractivity contribution in [2.45, 2.75) is 101 Å². The molecule has 1 aromatic rings. The van der Waals surface area contributed by atoms with Gasteiger partial charge in [-0.15, -0.1) is 0 Å². The quantitative estimate of drug-likeness (QED) is 0.540. The average Bonchev–Trinajstić information content (AvgIpc) is 2.57. The lowest BCUT2D eigenvalue weighted by Crippen LogP contribution is -2.23. The van der Waals surface area contributed by atoms with Gasteiger partial charge in [-0.05, 0) is 18.4 Å². The van der Waals surface area contributed by atoms with Crippen LogP contribution in [-0.2, 0) is 16.0 Å². The fourth-order valence-corrected chi connectivity index (χ4v) is 3.12. The van der Waals surface area contributed by atoms with Gasteiger partial charge in [-0.1, -0.05) is 111 Å². The van der Waals surface area contributed by atoms with E-state index < -0.39 is 0 Å². The summed E-state index contributed by atoms with van der Waals surface area (Å²) in [6.45, 7) is 14.0. The van der Waals surface area contributed by atoms with Crippen LogP contribution in [0.2, 0.25) is 0 Å². The number of Topliss-reactive ketones (excluding diaryl/α,β-unsaturated/α-hetero) is 2. The number of hydrogen-bond donors (Lipinski definition) is 0. The van der Waals surface area contributed by atoms with Crippen LogP contribution in [0, 0.1) is 23.7 Å². The van der Waals surface area contributed by atoms with Crippen molar-refractivity contribution in [3.63, 3.8) is 0 Å². The molecule has 0 radical (unpaired) electrons. The Morgan fingerprint density at radius 3 is 1.71 bits per heavy atom. The first-order valence-electron chi connectivity index (χ1n) is 10.5. The molecule has 0 aliphatic heterocycles. The first-order valence-corrected chi connectivity index (χ1v) is 10.5. The minimum atomic E-state index is -0.231. The maximum absolute atomic E-state index is 11.7. The van der Waals surface area contributed by atoms with E-state index in [0.29, 0.717) is 23.9 Å². The summed E-state index contributed by atoms with van der Waals surface area (Å²) < 4.78 is 0. The van der Waals surface area contributed by atoms with Gasteiger partial charge in [0.2, 0.25) is 0 Å². The molecule has 1 aromatic carbocycles. The molecule has 28 heavy (non-hydrogen) atoms. The van der Waals surface area contributed by atoms with Gasteiger partial charge in [-0.2, -0.15) is 0 Å². The Bertz CT molecular complexity index is 591. The molecule has 1 aliphatic carbocycles. The van der Waals surface area contributed by atoms with Crippen LogP contribution in [-0.4, -0.2) is 11.6 Å². The summed E-state index contributed by atoms with van der Waals surface area (Å²) in [5, 5.41) is 0. The molecule has 0 unspecified atom stereocenters. The van der Waals surface area contributed by atoms with Crippen LogP contribution in [0.25, 0.3) is 0 Å². The minimum absolute atomic E-state index is 0. The van der Waals surface area contributed by atoms with Crippen molar-refractivity contribution < 1.29 is 9.59 Å². The lowest BCUT2D eigenvalue weighted by Gasteiger charge is -2.24. The van der Waals surface area contributed by atoms with E-state index in [1.165, 1.54) is 37.7 Å². The van der Waals surface area contributed by atoms with Gasteiger partial charge in [-0.25, -0.2) is 0 Å². The van der Waals surface area contributed by atoms with Crippen molar-refractivity contribution in [1.82, 2.24) is 0 Å². The number of rotatable bonds is 4. The molecule has 0 atom stereocenters. The number of ketones is 2. The second-order valence-electron chi connectivity index (χ2n) is 10.2. The van der Waals surface area contributed by atoms with Gasteiger partial charge in [0.05, 0.1) is 0 Å². The zero-order valence-corrected chi connectivity index (χ0v) is 18.7. The van der Waals surface area contributed by atoms with Crippen LogP contribution in [0.3, 0.4) is 0 Å². The van der Waals surface area contributed by atoms with E-state index in [1.54, 1.807) is 0 Å². The van der Waals surface area contributed by atoms with Crippen molar-refractivity contribution in [2.75, 3.05) is 0 Å². The Labute approximate surface area is 174 Å². The molecular formula is C26H44O2. The maximum atomic E-state index is 11.7.